The zero-order valence-corrected chi connectivity index (χ0v) is 24.7. The van der Waals surface area contributed by atoms with Crippen LogP contribution in [0.5, 0.6) is 0 Å². The Morgan fingerprint density at radius 3 is 2.25 bits per heavy atom. The lowest BCUT2D eigenvalue weighted by Gasteiger charge is -2.25. The van der Waals surface area contributed by atoms with Crippen LogP contribution in [0.4, 0.5) is 4.79 Å². The zero-order valence-electron chi connectivity index (χ0n) is 24.7. The summed E-state index contributed by atoms with van der Waals surface area (Å²) in [6.45, 7) is 6.83. The van der Waals surface area contributed by atoms with Crippen LogP contribution in [0.1, 0.15) is 51.0 Å². The number of aromatic nitrogens is 3. The number of aromatic amines is 1. The molecular weight excluding hydrogens is 572 g/mol. The van der Waals surface area contributed by atoms with E-state index in [9.17, 15) is 19.2 Å². The molecule has 2 N–H and O–H groups in total. The summed E-state index contributed by atoms with van der Waals surface area (Å²) >= 11 is 0. The fourth-order valence-corrected chi connectivity index (χ4v) is 6.05. The van der Waals surface area contributed by atoms with E-state index in [0.717, 1.165) is 33.1 Å². The minimum absolute atomic E-state index is 0.103. The number of ether oxygens (including phenoxy) is 5. The third-order valence-electron chi connectivity index (χ3n) is 8.03. The average Bonchev–Trinajstić information content (AvgIpc) is 3.59. The fraction of sp³-hybridized carbons (Fsp3) is 0.452. The Morgan fingerprint density at radius 2 is 1.61 bits per heavy atom. The van der Waals surface area contributed by atoms with Gasteiger partial charge in [-0.1, -0.05) is 62.4 Å². The molecular formula is C31H34N4O9. The number of hydrogen-bond acceptors (Lipinski definition) is 10. The molecule has 2 unspecified atom stereocenters. The molecule has 0 spiro atoms. The number of benzene rings is 2. The molecule has 2 aromatic carbocycles. The Hall–Kier alpha value is -4.33. The minimum atomic E-state index is -1.03. The van der Waals surface area contributed by atoms with Crippen molar-refractivity contribution < 1.29 is 33.3 Å². The first-order valence-corrected chi connectivity index (χ1v) is 14.5. The van der Waals surface area contributed by atoms with Crippen molar-refractivity contribution in [3.8, 4) is 11.1 Å². The van der Waals surface area contributed by atoms with Gasteiger partial charge in [-0.3, -0.25) is 9.78 Å². The van der Waals surface area contributed by atoms with Crippen molar-refractivity contribution in [2.75, 3.05) is 13.2 Å². The second kappa shape index (κ2) is 11.6. The Kier molecular flexibility index (Phi) is 7.86. The Labute approximate surface area is 252 Å². The van der Waals surface area contributed by atoms with Crippen molar-refractivity contribution in [2.24, 2.45) is 5.92 Å². The summed E-state index contributed by atoms with van der Waals surface area (Å²) in [5.74, 6) is -2.13. The standard InChI is InChI=1S/C31H34N4O9/c1-16(2)24(34-30(39)41-14-21-19-11-7-5-9-17(19)18-10-6-8-12-20(18)21)28(37)40-15-22-25-26(44-31(3,4)43-25)27(42-22)35-29(38)33-23(36)13-32-35/h5-13,16,21-22,24-27H,14-15H2,1-4H3,(H,34,39)(H,33,36,38)/t22-,24?,25?,26+,27-/m1/s1. The molecule has 6 rings (SSSR count). The van der Waals surface area contributed by atoms with Crippen LogP contribution >= 0.6 is 0 Å². The third-order valence-corrected chi connectivity index (χ3v) is 8.03. The van der Waals surface area contributed by atoms with E-state index in [1.807, 2.05) is 36.4 Å². The molecule has 1 amide bonds. The third kappa shape index (κ3) is 5.65. The summed E-state index contributed by atoms with van der Waals surface area (Å²) in [6, 6.07) is 15.0. The lowest BCUT2D eigenvalue weighted by molar-refractivity contribution is -0.204. The van der Waals surface area contributed by atoms with E-state index < -0.39 is 59.7 Å². The van der Waals surface area contributed by atoms with Gasteiger partial charge in [0.2, 0.25) is 0 Å². The number of nitrogens with one attached hydrogen (secondary N) is 2. The molecule has 3 heterocycles. The second-order valence-corrected chi connectivity index (χ2v) is 11.8. The molecule has 232 valence electrons. The first kappa shape index (κ1) is 29.7. The van der Waals surface area contributed by atoms with Crippen LogP contribution < -0.4 is 16.6 Å². The molecule has 2 fully saturated rings. The smallest absolute Gasteiger partial charge is 0.407 e. The predicted molar refractivity (Wildman–Crippen MR) is 155 cm³/mol. The normalized spacial score (nSPS) is 23.9. The largest absolute Gasteiger partial charge is 0.461 e. The van der Waals surface area contributed by atoms with Gasteiger partial charge in [-0.15, -0.1) is 0 Å². The summed E-state index contributed by atoms with van der Waals surface area (Å²) in [7, 11) is 0. The fourth-order valence-electron chi connectivity index (χ4n) is 6.05. The molecule has 0 bridgehead atoms. The Bertz CT molecular complexity index is 1640. The summed E-state index contributed by atoms with van der Waals surface area (Å²) < 4.78 is 30.1. The van der Waals surface area contributed by atoms with Crippen LogP contribution in [-0.2, 0) is 28.5 Å². The highest BCUT2D eigenvalue weighted by Gasteiger charge is 2.57. The van der Waals surface area contributed by atoms with E-state index in [4.69, 9.17) is 23.7 Å². The van der Waals surface area contributed by atoms with Crippen molar-refractivity contribution in [3.05, 3.63) is 86.7 Å². The number of amides is 1. The highest BCUT2D eigenvalue weighted by molar-refractivity contribution is 5.82. The van der Waals surface area contributed by atoms with Gasteiger partial charge in [0, 0.05) is 5.92 Å². The van der Waals surface area contributed by atoms with E-state index >= 15 is 0 Å². The van der Waals surface area contributed by atoms with Crippen molar-refractivity contribution in [1.29, 1.82) is 0 Å². The van der Waals surface area contributed by atoms with Crippen LogP contribution in [0.25, 0.3) is 11.1 Å². The number of rotatable bonds is 8. The van der Waals surface area contributed by atoms with Crippen LogP contribution in [0.15, 0.2) is 64.3 Å². The SMILES string of the molecule is CC(C)C(NC(=O)OCC1c2ccccc2-c2ccccc21)C(=O)OC[C@H]1O[C@@H](n2ncc(=O)[nH]c2=O)[C@H]2OC(C)(C)OC12. The van der Waals surface area contributed by atoms with Crippen molar-refractivity contribution in [3.63, 3.8) is 0 Å². The molecule has 3 aromatic rings. The van der Waals surface area contributed by atoms with Crippen molar-refractivity contribution in [2.45, 2.75) is 70.0 Å². The molecule has 1 aromatic heterocycles. The van der Waals surface area contributed by atoms with Gasteiger partial charge >= 0.3 is 17.8 Å². The summed E-state index contributed by atoms with van der Waals surface area (Å²) in [4.78, 5) is 52.2. The average molecular weight is 607 g/mol. The Morgan fingerprint density at radius 1 is 0.977 bits per heavy atom. The number of hydrogen-bond donors (Lipinski definition) is 2. The van der Waals surface area contributed by atoms with Gasteiger partial charge < -0.3 is 29.0 Å². The molecule has 0 saturated carbocycles. The monoisotopic (exact) mass is 606 g/mol. The van der Waals surface area contributed by atoms with Gasteiger partial charge in [-0.25, -0.2) is 14.4 Å². The quantitative estimate of drug-likeness (QED) is 0.365. The summed E-state index contributed by atoms with van der Waals surface area (Å²) in [6.07, 6.45) is -3.09. The first-order valence-electron chi connectivity index (χ1n) is 14.5. The molecule has 1 aliphatic carbocycles. The predicted octanol–water partition coefficient (Wildman–Crippen LogP) is 2.46. The number of carbonyl (C=O) groups excluding carboxylic acids is 2. The van der Waals surface area contributed by atoms with Crippen LogP contribution in [-0.4, -0.2) is 70.2 Å². The molecule has 3 aliphatic rings. The maximum absolute atomic E-state index is 13.2. The first-order chi connectivity index (χ1) is 21.0. The Balaban J connectivity index is 1.09. The van der Waals surface area contributed by atoms with E-state index in [1.165, 1.54) is 0 Å². The molecule has 2 saturated heterocycles. The van der Waals surface area contributed by atoms with Crippen molar-refractivity contribution in [1.82, 2.24) is 20.1 Å². The molecule has 44 heavy (non-hydrogen) atoms. The molecule has 13 nitrogen and oxygen atoms in total. The lowest BCUT2D eigenvalue weighted by Crippen LogP contribution is -2.46. The van der Waals surface area contributed by atoms with E-state index in [2.05, 4.69) is 27.5 Å². The van der Waals surface area contributed by atoms with Crippen LogP contribution in [0.3, 0.4) is 0 Å². The van der Waals surface area contributed by atoms with Crippen LogP contribution in [0, 0.1) is 5.92 Å². The zero-order chi connectivity index (χ0) is 31.2. The number of H-pyrrole nitrogens is 1. The van der Waals surface area contributed by atoms with Gasteiger partial charge in [0.15, 0.2) is 12.0 Å². The lowest BCUT2D eigenvalue weighted by atomic mass is 9.98. The van der Waals surface area contributed by atoms with Gasteiger partial charge in [-0.2, -0.15) is 9.78 Å². The number of fused-ring (bicyclic) bond motifs is 4. The number of carbonyl (C=O) groups is 2. The minimum Gasteiger partial charge on any atom is -0.461 e. The molecule has 2 aliphatic heterocycles. The maximum Gasteiger partial charge on any atom is 0.407 e. The van der Waals surface area contributed by atoms with Gasteiger partial charge in [0.05, 0.1) is 0 Å². The second-order valence-electron chi connectivity index (χ2n) is 11.8. The number of alkyl carbamates (subject to hydrolysis) is 1. The molecule has 5 atom stereocenters. The van der Waals surface area contributed by atoms with Crippen LogP contribution in [0.2, 0.25) is 0 Å². The summed E-state index contributed by atoms with van der Waals surface area (Å²) in [5.41, 5.74) is 2.95. The molecule has 13 heteroatoms. The molecule has 0 radical (unpaired) electrons. The van der Waals surface area contributed by atoms with E-state index in [-0.39, 0.29) is 25.0 Å². The highest BCUT2D eigenvalue weighted by atomic mass is 16.8. The van der Waals surface area contributed by atoms with Crippen molar-refractivity contribution >= 4 is 12.1 Å². The topological polar surface area (TPSA) is 160 Å². The van der Waals surface area contributed by atoms with E-state index in [1.54, 1.807) is 27.7 Å². The number of esters is 1. The van der Waals surface area contributed by atoms with Gasteiger partial charge in [0.25, 0.3) is 5.56 Å². The van der Waals surface area contributed by atoms with Gasteiger partial charge in [-0.05, 0) is 42.0 Å². The van der Waals surface area contributed by atoms with E-state index in [0.29, 0.717) is 0 Å². The van der Waals surface area contributed by atoms with Gasteiger partial charge in [0.1, 0.15) is 43.8 Å². The summed E-state index contributed by atoms with van der Waals surface area (Å²) in [5, 5.41) is 6.53. The number of nitrogens with zero attached hydrogens (tertiary/aromatic N) is 2. The maximum atomic E-state index is 13.2. The highest BCUT2D eigenvalue weighted by Crippen LogP contribution is 2.45.